The number of phenolic OH excluding ortho intramolecular Hbond substituents is 1. The van der Waals surface area contributed by atoms with Gasteiger partial charge in [-0.2, -0.15) is 0 Å². The van der Waals surface area contributed by atoms with E-state index in [2.05, 4.69) is 42.8 Å². The van der Waals surface area contributed by atoms with Crippen molar-refractivity contribution in [3.63, 3.8) is 0 Å². The molecule has 0 aliphatic heterocycles. The molecule has 1 aromatic carbocycles. The Kier molecular flexibility index (Phi) is 8.30. The van der Waals surface area contributed by atoms with Gasteiger partial charge in [0.2, 0.25) is 0 Å². The molecule has 3 aliphatic rings. The van der Waals surface area contributed by atoms with Gasteiger partial charge in [-0.1, -0.05) is 81.3 Å². The van der Waals surface area contributed by atoms with Crippen LogP contribution in [-0.4, -0.2) is 22.5 Å². The molecule has 4 rings (SSSR count). The number of ether oxygens (including phenoxy) is 1. The average molecular weight is 548 g/mol. The molecule has 0 saturated heterocycles. The maximum atomic E-state index is 12.0. The molecule has 0 heterocycles. The lowest BCUT2D eigenvalue weighted by Gasteiger charge is -2.64. The van der Waals surface area contributed by atoms with E-state index in [1.807, 2.05) is 12.1 Å². The monoisotopic (exact) mass is 546 g/mol. The lowest BCUT2D eigenvalue weighted by molar-refractivity contribution is -0.167. The number of carbonyl (C=O) groups is 1. The van der Waals surface area contributed by atoms with Gasteiger partial charge in [-0.15, -0.1) is 0 Å². The fourth-order valence-corrected chi connectivity index (χ4v) is 9.23. The quantitative estimate of drug-likeness (QED) is 0.182. The summed E-state index contributed by atoms with van der Waals surface area (Å²) in [5.74, 6) is 1.45. The summed E-state index contributed by atoms with van der Waals surface area (Å²) in [5.41, 5.74) is 3.12. The number of benzene rings is 1. The third kappa shape index (κ3) is 4.94. The Hall–Kier alpha value is -1.03. The summed E-state index contributed by atoms with van der Waals surface area (Å²) in [6.07, 6.45) is 16.0. The van der Waals surface area contributed by atoms with E-state index in [1.165, 1.54) is 62.5 Å². The summed E-state index contributed by atoms with van der Waals surface area (Å²) >= 11 is 3.54. The smallest absolute Gasteiger partial charge is 0.302 e. The Morgan fingerprint density at radius 3 is 2.37 bits per heavy atom. The number of halogens is 1. The number of hydrogen-bond acceptors (Lipinski definition) is 3. The van der Waals surface area contributed by atoms with Crippen molar-refractivity contribution in [2.45, 2.75) is 123 Å². The third-order valence-corrected chi connectivity index (χ3v) is 11.2. The molecule has 0 unspecified atom stereocenters. The molecule has 1 N–H and O–H groups in total. The highest BCUT2D eigenvalue weighted by molar-refractivity contribution is 9.09. The minimum Gasteiger partial charge on any atom is -0.508 e. The zero-order valence-electron chi connectivity index (χ0n) is 22.5. The van der Waals surface area contributed by atoms with Crippen LogP contribution in [-0.2, 0) is 21.4 Å². The topological polar surface area (TPSA) is 46.5 Å². The van der Waals surface area contributed by atoms with Crippen molar-refractivity contribution in [2.24, 2.45) is 22.7 Å². The lowest BCUT2D eigenvalue weighted by atomic mass is 9.40. The maximum absolute atomic E-state index is 12.0. The first-order valence-electron chi connectivity index (χ1n) is 14.2. The van der Waals surface area contributed by atoms with Crippen molar-refractivity contribution in [3.8, 4) is 5.75 Å². The zero-order chi connectivity index (χ0) is 25.3. The van der Waals surface area contributed by atoms with E-state index in [0.29, 0.717) is 17.6 Å². The molecule has 4 heteroatoms. The normalized spacial score (nSPS) is 35.7. The van der Waals surface area contributed by atoms with Gasteiger partial charge in [-0.25, -0.2) is 0 Å². The highest BCUT2D eigenvalue weighted by Gasteiger charge is 2.67. The molecular weight excluding hydrogens is 500 g/mol. The van der Waals surface area contributed by atoms with Crippen LogP contribution in [0.2, 0.25) is 0 Å². The van der Waals surface area contributed by atoms with E-state index < -0.39 is 0 Å². The van der Waals surface area contributed by atoms with Gasteiger partial charge in [0.15, 0.2) is 0 Å². The van der Waals surface area contributed by atoms with Gasteiger partial charge >= 0.3 is 5.97 Å². The van der Waals surface area contributed by atoms with Gasteiger partial charge in [-0.3, -0.25) is 4.79 Å². The highest BCUT2D eigenvalue weighted by atomic mass is 79.9. The van der Waals surface area contributed by atoms with Crippen LogP contribution in [0.1, 0.15) is 116 Å². The molecule has 3 nitrogen and oxygen atoms in total. The summed E-state index contributed by atoms with van der Waals surface area (Å²) in [7, 11) is 0. The molecule has 0 radical (unpaired) electrons. The van der Waals surface area contributed by atoms with Gasteiger partial charge in [0.1, 0.15) is 11.9 Å². The number of fused-ring (bicyclic) bond motifs is 5. The largest absolute Gasteiger partial charge is 0.508 e. The number of unbranched alkanes of at least 4 members (excludes halogenated alkanes) is 6. The Labute approximate surface area is 221 Å². The molecule has 3 aliphatic carbocycles. The number of esters is 1. The minimum absolute atomic E-state index is 0.0327. The van der Waals surface area contributed by atoms with E-state index in [1.54, 1.807) is 6.92 Å². The first-order chi connectivity index (χ1) is 16.7. The summed E-state index contributed by atoms with van der Waals surface area (Å²) < 4.78 is 5.96. The predicted octanol–water partition coefficient (Wildman–Crippen LogP) is 8.49. The number of phenols is 1. The minimum atomic E-state index is -0.133. The number of rotatable bonds is 10. The average Bonchev–Trinajstić information content (AvgIpc) is 3.05. The van der Waals surface area contributed by atoms with Crippen molar-refractivity contribution in [3.05, 3.63) is 29.3 Å². The van der Waals surface area contributed by atoms with E-state index in [4.69, 9.17) is 4.74 Å². The summed E-state index contributed by atoms with van der Waals surface area (Å²) in [5, 5.41) is 11.4. The van der Waals surface area contributed by atoms with Gasteiger partial charge in [0.05, 0.1) is 0 Å². The summed E-state index contributed by atoms with van der Waals surface area (Å²) in [4.78, 5) is 12.0. The Morgan fingerprint density at radius 1 is 1.00 bits per heavy atom. The van der Waals surface area contributed by atoms with Crippen LogP contribution in [0, 0.1) is 22.7 Å². The van der Waals surface area contributed by atoms with Crippen LogP contribution in [0.15, 0.2) is 18.2 Å². The Morgan fingerprint density at radius 2 is 1.69 bits per heavy atom. The van der Waals surface area contributed by atoms with Gasteiger partial charge in [-0.05, 0) is 90.9 Å². The second-order valence-corrected chi connectivity index (χ2v) is 13.4. The molecule has 0 aromatic heterocycles. The second kappa shape index (κ2) is 10.8. The lowest BCUT2D eigenvalue weighted by Crippen LogP contribution is -2.60. The number of aromatic hydroxyl groups is 1. The molecule has 2 fully saturated rings. The number of carbonyl (C=O) groups excluding carboxylic acids is 1. The highest BCUT2D eigenvalue weighted by Crippen LogP contribution is 2.71. The van der Waals surface area contributed by atoms with Crippen LogP contribution in [0.4, 0.5) is 0 Å². The Bertz CT molecular complexity index is 899. The fourth-order valence-electron chi connectivity index (χ4n) is 8.83. The first-order valence-corrected chi connectivity index (χ1v) is 15.3. The van der Waals surface area contributed by atoms with Crippen LogP contribution < -0.4 is 0 Å². The van der Waals surface area contributed by atoms with E-state index >= 15 is 0 Å². The molecule has 0 bridgehead atoms. The molecule has 1 aromatic rings. The third-order valence-electron chi connectivity index (χ3n) is 10.7. The molecule has 2 saturated carbocycles. The van der Waals surface area contributed by atoms with Crippen molar-refractivity contribution in [1.29, 1.82) is 0 Å². The SMILES string of the molecule is CC(=O)O[C@H]1CC[C@@]2(C)[C@@H]3[C@@H](CCCCCCCCCBr)Cc4cc(O)ccc4[C@@]3(C)CC[C@]12C. The van der Waals surface area contributed by atoms with Gasteiger partial charge < -0.3 is 9.84 Å². The Balaban J connectivity index is 1.57. The van der Waals surface area contributed by atoms with Crippen molar-refractivity contribution < 1.29 is 14.6 Å². The summed E-state index contributed by atoms with van der Waals surface area (Å²) in [6, 6.07) is 6.15. The number of alkyl halides is 1. The molecule has 35 heavy (non-hydrogen) atoms. The predicted molar refractivity (Wildman–Crippen MR) is 147 cm³/mol. The van der Waals surface area contributed by atoms with Crippen molar-refractivity contribution >= 4 is 21.9 Å². The molecule has 6 atom stereocenters. The van der Waals surface area contributed by atoms with Crippen LogP contribution in [0.25, 0.3) is 0 Å². The van der Waals surface area contributed by atoms with Gasteiger partial charge in [0, 0.05) is 17.7 Å². The van der Waals surface area contributed by atoms with Crippen molar-refractivity contribution in [1.82, 2.24) is 0 Å². The fraction of sp³-hybridized carbons (Fsp3) is 0.774. The molecule has 196 valence electrons. The molecule has 0 amide bonds. The first kappa shape index (κ1) is 27.0. The molecule has 0 spiro atoms. The summed E-state index contributed by atoms with van der Waals surface area (Å²) in [6.45, 7) is 9.02. The maximum Gasteiger partial charge on any atom is 0.302 e. The van der Waals surface area contributed by atoms with Crippen molar-refractivity contribution in [2.75, 3.05) is 5.33 Å². The van der Waals surface area contributed by atoms with E-state index in [9.17, 15) is 9.90 Å². The van der Waals surface area contributed by atoms with E-state index in [-0.39, 0.29) is 28.3 Å². The molecular formula is C31H47BrO3. The zero-order valence-corrected chi connectivity index (χ0v) is 24.1. The van der Waals surface area contributed by atoms with Crippen LogP contribution in [0.5, 0.6) is 5.75 Å². The van der Waals surface area contributed by atoms with Gasteiger partial charge in [0.25, 0.3) is 0 Å². The number of hydrogen-bond donors (Lipinski definition) is 1. The standard InChI is InChI=1S/C31H47BrO3/c1-22(33)35-27-15-16-31(4)28-23(12-10-8-6-5-7-9-11-19-32)20-24-21-25(34)13-14-26(24)29(28,2)17-18-30(27,31)3/h13-14,21,23,27-28,34H,5-12,15-20H2,1-4H3/t23-,27-,28+,29+,30+,31-/m0/s1. The van der Waals surface area contributed by atoms with Crippen LogP contribution in [0.3, 0.4) is 0 Å². The van der Waals surface area contributed by atoms with Crippen LogP contribution >= 0.6 is 15.9 Å². The second-order valence-electron chi connectivity index (χ2n) is 12.6. The van der Waals surface area contributed by atoms with E-state index in [0.717, 1.165) is 37.4 Å².